The molecule has 1 aromatic heterocycles. The lowest BCUT2D eigenvalue weighted by Gasteiger charge is -2.07. The molecular weight excluding hydrogens is 307 g/mol. The Kier molecular flexibility index (Phi) is 4.21. The first-order chi connectivity index (χ1) is 9.47. The van der Waals surface area contributed by atoms with E-state index in [1.54, 1.807) is 18.2 Å². The van der Waals surface area contributed by atoms with E-state index in [2.05, 4.69) is 15.6 Å². The maximum Gasteiger partial charge on any atom is 0.325 e. The summed E-state index contributed by atoms with van der Waals surface area (Å²) < 4.78 is 1.03. The Morgan fingerprint density at radius 3 is 2.55 bits per heavy atom. The third-order valence-corrected chi connectivity index (χ3v) is 2.90. The van der Waals surface area contributed by atoms with Crippen molar-refractivity contribution in [3.63, 3.8) is 0 Å². The first kappa shape index (κ1) is 14.3. The number of carboxylic acids is 1. The van der Waals surface area contributed by atoms with Crippen LogP contribution >= 0.6 is 23.2 Å². The zero-order valence-electron chi connectivity index (χ0n) is 9.88. The van der Waals surface area contributed by atoms with Crippen molar-refractivity contribution >= 4 is 40.8 Å². The molecular formula is C11H8Cl2N4O3. The molecule has 0 unspecified atom stereocenters. The van der Waals surface area contributed by atoms with E-state index in [1.807, 2.05) is 0 Å². The smallest absolute Gasteiger partial charge is 0.325 e. The van der Waals surface area contributed by atoms with Crippen LogP contribution in [-0.4, -0.2) is 32.0 Å². The molecule has 0 aliphatic heterocycles. The van der Waals surface area contributed by atoms with Crippen molar-refractivity contribution in [2.45, 2.75) is 6.54 Å². The molecule has 1 heterocycles. The summed E-state index contributed by atoms with van der Waals surface area (Å²) in [5.74, 6) is -1.67. The van der Waals surface area contributed by atoms with Crippen LogP contribution in [-0.2, 0) is 11.3 Å². The number of rotatable bonds is 4. The SMILES string of the molecule is O=C(O)Cn1cc(C(=O)Nc2c(Cl)cccc2Cl)nn1. The quantitative estimate of drug-likeness (QED) is 0.898. The number of benzene rings is 1. The van der Waals surface area contributed by atoms with Gasteiger partial charge in [0.1, 0.15) is 6.54 Å². The highest BCUT2D eigenvalue weighted by molar-refractivity contribution is 6.39. The van der Waals surface area contributed by atoms with Crippen molar-refractivity contribution in [3.05, 3.63) is 40.1 Å². The first-order valence-electron chi connectivity index (χ1n) is 5.34. The molecule has 0 radical (unpaired) electrons. The Morgan fingerprint density at radius 1 is 1.30 bits per heavy atom. The Bertz CT molecular complexity index is 651. The number of carbonyl (C=O) groups excluding carboxylic acids is 1. The standard InChI is InChI=1S/C11H8Cl2N4O3/c12-6-2-1-3-7(13)10(6)14-11(20)8-4-17(16-15-8)5-9(18)19/h1-4H,5H2,(H,14,20)(H,18,19). The number of para-hydroxylation sites is 1. The molecule has 20 heavy (non-hydrogen) atoms. The lowest BCUT2D eigenvalue weighted by atomic mass is 10.3. The number of hydrogen-bond donors (Lipinski definition) is 2. The van der Waals surface area contributed by atoms with Crippen molar-refractivity contribution in [2.24, 2.45) is 0 Å². The van der Waals surface area contributed by atoms with E-state index < -0.39 is 11.9 Å². The molecule has 2 N–H and O–H groups in total. The highest BCUT2D eigenvalue weighted by Crippen LogP contribution is 2.29. The molecule has 1 aromatic carbocycles. The minimum atomic E-state index is -1.09. The highest BCUT2D eigenvalue weighted by Gasteiger charge is 2.15. The van der Waals surface area contributed by atoms with Gasteiger partial charge in [-0.15, -0.1) is 5.10 Å². The van der Waals surface area contributed by atoms with Crippen molar-refractivity contribution in [3.8, 4) is 0 Å². The third kappa shape index (κ3) is 3.25. The van der Waals surface area contributed by atoms with E-state index in [0.29, 0.717) is 0 Å². The van der Waals surface area contributed by atoms with E-state index in [9.17, 15) is 9.59 Å². The van der Waals surface area contributed by atoms with E-state index in [4.69, 9.17) is 28.3 Å². The number of nitrogens with one attached hydrogen (secondary N) is 1. The maximum atomic E-state index is 11.9. The van der Waals surface area contributed by atoms with Gasteiger partial charge in [0.2, 0.25) is 0 Å². The van der Waals surface area contributed by atoms with E-state index >= 15 is 0 Å². The van der Waals surface area contributed by atoms with Gasteiger partial charge in [0.25, 0.3) is 5.91 Å². The Hall–Kier alpha value is -2.12. The van der Waals surface area contributed by atoms with Gasteiger partial charge in [0.05, 0.1) is 21.9 Å². The van der Waals surface area contributed by atoms with Gasteiger partial charge in [-0.05, 0) is 12.1 Å². The molecule has 0 bridgehead atoms. The molecule has 104 valence electrons. The monoisotopic (exact) mass is 314 g/mol. The molecule has 7 nitrogen and oxygen atoms in total. The van der Waals surface area contributed by atoms with Gasteiger partial charge < -0.3 is 10.4 Å². The van der Waals surface area contributed by atoms with Gasteiger partial charge in [-0.25, -0.2) is 4.68 Å². The van der Waals surface area contributed by atoms with Crippen LogP contribution < -0.4 is 5.32 Å². The maximum absolute atomic E-state index is 11.9. The Balaban J connectivity index is 2.16. The van der Waals surface area contributed by atoms with Crippen molar-refractivity contribution < 1.29 is 14.7 Å². The number of anilines is 1. The van der Waals surface area contributed by atoms with Gasteiger partial charge in [0.15, 0.2) is 5.69 Å². The van der Waals surface area contributed by atoms with Crippen molar-refractivity contribution in [1.82, 2.24) is 15.0 Å². The summed E-state index contributed by atoms with van der Waals surface area (Å²) in [6.07, 6.45) is 1.22. The molecule has 0 aliphatic carbocycles. The molecule has 9 heteroatoms. The number of aromatic nitrogens is 3. The molecule has 0 atom stereocenters. The van der Waals surface area contributed by atoms with Crippen molar-refractivity contribution in [1.29, 1.82) is 0 Å². The Labute approximate surface area is 123 Å². The largest absolute Gasteiger partial charge is 0.480 e. The average molecular weight is 315 g/mol. The second-order valence-electron chi connectivity index (χ2n) is 3.75. The van der Waals surface area contributed by atoms with E-state index in [1.165, 1.54) is 6.20 Å². The number of hydrogen-bond acceptors (Lipinski definition) is 4. The number of nitrogens with zero attached hydrogens (tertiary/aromatic N) is 3. The summed E-state index contributed by atoms with van der Waals surface area (Å²) in [6.45, 7) is -0.382. The Morgan fingerprint density at radius 2 is 1.95 bits per heavy atom. The van der Waals surface area contributed by atoms with Gasteiger partial charge in [-0.1, -0.05) is 34.5 Å². The number of amides is 1. The number of halogens is 2. The lowest BCUT2D eigenvalue weighted by Crippen LogP contribution is -2.13. The normalized spacial score (nSPS) is 10.3. The summed E-state index contributed by atoms with van der Waals surface area (Å²) in [4.78, 5) is 22.4. The van der Waals surface area contributed by atoms with Crippen LogP contribution in [0.15, 0.2) is 24.4 Å². The van der Waals surface area contributed by atoms with Crippen LogP contribution in [0.25, 0.3) is 0 Å². The van der Waals surface area contributed by atoms with Crippen LogP contribution in [0.3, 0.4) is 0 Å². The highest BCUT2D eigenvalue weighted by atomic mass is 35.5. The molecule has 0 saturated heterocycles. The summed E-state index contributed by atoms with van der Waals surface area (Å²) in [5, 5.41) is 18.8. The molecule has 0 aliphatic rings. The average Bonchev–Trinajstić information content (AvgIpc) is 2.81. The summed E-state index contributed by atoms with van der Waals surface area (Å²) >= 11 is 11.8. The van der Waals surface area contributed by atoms with Crippen LogP contribution in [0.5, 0.6) is 0 Å². The van der Waals surface area contributed by atoms with Crippen molar-refractivity contribution in [2.75, 3.05) is 5.32 Å². The van der Waals surface area contributed by atoms with E-state index in [-0.39, 0.29) is 28.0 Å². The fraction of sp³-hybridized carbons (Fsp3) is 0.0909. The number of carboxylic acid groups (broad SMARTS) is 1. The minimum Gasteiger partial charge on any atom is -0.480 e. The summed E-state index contributed by atoms with van der Waals surface area (Å²) in [6, 6.07) is 4.79. The lowest BCUT2D eigenvalue weighted by molar-refractivity contribution is -0.137. The number of carbonyl (C=O) groups is 2. The second kappa shape index (κ2) is 5.89. The molecule has 1 amide bonds. The number of aliphatic carboxylic acids is 1. The van der Waals surface area contributed by atoms with E-state index in [0.717, 1.165) is 4.68 Å². The fourth-order valence-corrected chi connectivity index (χ4v) is 1.91. The predicted octanol–water partition coefficient (Wildman–Crippen LogP) is 1.92. The molecule has 2 aromatic rings. The van der Waals surface area contributed by atoms with Crippen LogP contribution in [0.1, 0.15) is 10.5 Å². The van der Waals surface area contributed by atoms with Crippen LogP contribution in [0.2, 0.25) is 10.0 Å². The predicted molar refractivity (Wildman–Crippen MR) is 72.1 cm³/mol. The van der Waals surface area contributed by atoms with Gasteiger partial charge in [-0.2, -0.15) is 0 Å². The first-order valence-corrected chi connectivity index (χ1v) is 6.10. The molecule has 2 rings (SSSR count). The summed E-state index contributed by atoms with van der Waals surface area (Å²) in [5.41, 5.74) is 0.218. The molecule has 0 spiro atoms. The topological polar surface area (TPSA) is 97.1 Å². The molecule has 0 fully saturated rings. The van der Waals surface area contributed by atoms with Crippen LogP contribution in [0.4, 0.5) is 5.69 Å². The van der Waals surface area contributed by atoms with Gasteiger partial charge in [0, 0.05) is 0 Å². The van der Waals surface area contributed by atoms with Crippen LogP contribution in [0, 0.1) is 0 Å². The minimum absolute atomic E-state index is 0.0396. The molecule has 0 saturated carbocycles. The van der Waals surface area contributed by atoms with Gasteiger partial charge in [-0.3, -0.25) is 9.59 Å². The third-order valence-electron chi connectivity index (χ3n) is 2.27. The zero-order chi connectivity index (χ0) is 14.7. The fourth-order valence-electron chi connectivity index (χ4n) is 1.41. The van der Waals surface area contributed by atoms with Gasteiger partial charge >= 0.3 is 5.97 Å². The zero-order valence-corrected chi connectivity index (χ0v) is 11.4. The second-order valence-corrected chi connectivity index (χ2v) is 4.56. The summed E-state index contributed by atoms with van der Waals surface area (Å²) in [7, 11) is 0.